The Morgan fingerprint density at radius 2 is 1.88 bits per heavy atom. The Balaban J connectivity index is 1.44. The summed E-state index contributed by atoms with van der Waals surface area (Å²) in [5, 5.41) is 9.38. The van der Waals surface area contributed by atoms with Crippen LogP contribution >= 0.6 is 0 Å². The second-order valence-electron chi connectivity index (χ2n) is 7.40. The molecule has 0 spiro atoms. The van der Waals surface area contributed by atoms with E-state index in [1.165, 1.54) is 0 Å². The summed E-state index contributed by atoms with van der Waals surface area (Å²) in [6.07, 6.45) is 0.912. The van der Waals surface area contributed by atoms with Crippen LogP contribution in [0.15, 0.2) is 53.5 Å². The van der Waals surface area contributed by atoms with Crippen molar-refractivity contribution in [1.82, 2.24) is 25.5 Å². The van der Waals surface area contributed by atoms with Crippen LogP contribution in [0.5, 0.6) is 5.75 Å². The number of benzene rings is 2. The molecule has 0 saturated heterocycles. The molecule has 1 heterocycles. The van der Waals surface area contributed by atoms with Crippen molar-refractivity contribution in [2.24, 2.45) is 4.99 Å². The fourth-order valence-electron chi connectivity index (χ4n) is 3.41. The molecule has 3 rings (SSSR count). The normalized spacial score (nSPS) is 11.4. The molecule has 0 aliphatic rings. The van der Waals surface area contributed by atoms with Gasteiger partial charge in [0.15, 0.2) is 5.96 Å². The lowest BCUT2D eigenvalue weighted by atomic mass is 10.2. The topological polar surface area (TPSA) is 92.6 Å². The smallest absolute Gasteiger partial charge is 0.242 e. The lowest BCUT2D eigenvalue weighted by molar-refractivity contribution is -0.119. The number of imidazole rings is 1. The number of carbonyl (C=O) groups is 1. The second-order valence-corrected chi connectivity index (χ2v) is 7.40. The lowest BCUT2D eigenvalue weighted by Crippen LogP contribution is -2.39. The molecule has 8 nitrogen and oxygen atoms in total. The first-order chi connectivity index (χ1) is 15.6. The van der Waals surface area contributed by atoms with E-state index in [0.29, 0.717) is 12.5 Å². The van der Waals surface area contributed by atoms with Crippen LogP contribution < -0.4 is 20.7 Å². The molecular weight excluding hydrogens is 404 g/mol. The minimum absolute atomic E-state index is 0.0662. The van der Waals surface area contributed by atoms with Crippen LogP contribution in [-0.2, 0) is 17.9 Å². The third kappa shape index (κ3) is 6.47. The number of aryl methyl sites for hydroxylation is 2. The molecule has 3 aromatic rings. The Morgan fingerprint density at radius 3 is 2.62 bits per heavy atom. The van der Waals surface area contributed by atoms with Gasteiger partial charge in [-0.2, -0.15) is 0 Å². The van der Waals surface area contributed by atoms with E-state index in [1.54, 1.807) is 7.11 Å². The van der Waals surface area contributed by atoms with Crippen molar-refractivity contribution in [2.45, 2.75) is 33.4 Å². The molecule has 0 fully saturated rings. The number of carbonyl (C=O) groups excluding carboxylic acids is 1. The molecule has 3 N–H and O–H groups in total. The van der Waals surface area contributed by atoms with Crippen molar-refractivity contribution in [2.75, 3.05) is 26.7 Å². The number of amides is 1. The molecule has 0 aliphatic carbocycles. The molecule has 0 bridgehead atoms. The van der Waals surface area contributed by atoms with Gasteiger partial charge in [-0.05, 0) is 50.1 Å². The van der Waals surface area contributed by atoms with Gasteiger partial charge >= 0.3 is 0 Å². The molecule has 0 radical (unpaired) electrons. The van der Waals surface area contributed by atoms with Gasteiger partial charge in [-0.25, -0.2) is 9.98 Å². The fourth-order valence-corrected chi connectivity index (χ4v) is 3.41. The Bertz CT molecular complexity index is 1040. The molecule has 0 saturated carbocycles. The van der Waals surface area contributed by atoms with Crippen LogP contribution in [0.4, 0.5) is 0 Å². The predicted octanol–water partition coefficient (Wildman–Crippen LogP) is 2.61. The molecular formula is C24H32N6O2. The molecule has 0 unspecified atom stereocenters. The minimum Gasteiger partial charge on any atom is -0.497 e. The number of nitrogens with zero attached hydrogens (tertiary/aromatic N) is 3. The predicted molar refractivity (Wildman–Crippen MR) is 128 cm³/mol. The zero-order valence-corrected chi connectivity index (χ0v) is 19.0. The fraction of sp³-hybridized carbons (Fsp3) is 0.375. The number of hydrogen-bond donors (Lipinski definition) is 3. The average Bonchev–Trinajstić information content (AvgIpc) is 3.14. The van der Waals surface area contributed by atoms with Gasteiger partial charge in [0.25, 0.3) is 0 Å². The van der Waals surface area contributed by atoms with E-state index in [4.69, 9.17) is 4.74 Å². The Hall–Kier alpha value is -3.55. The Morgan fingerprint density at radius 1 is 1.09 bits per heavy atom. The number of nitrogens with one attached hydrogen (secondary N) is 3. The number of hydrogen-bond acceptors (Lipinski definition) is 4. The van der Waals surface area contributed by atoms with E-state index < -0.39 is 0 Å². The lowest BCUT2D eigenvalue weighted by Gasteiger charge is -2.12. The monoisotopic (exact) mass is 436 g/mol. The van der Waals surface area contributed by atoms with Gasteiger partial charge in [0.05, 0.1) is 18.1 Å². The van der Waals surface area contributed by atoms with E-state index in [9.17, 15) is 4.79 Å². The number of guanidine groups is 1. The highest BCUT2D eigenvalue weighted by Crippen LogP contribution is 2.15. The maximum absolute atomic E-state index is 12.2. The quantitative estimate of drug-likeness (QED) is 0.258. The van der Waals surface area contributed by atoms with Gasteiger partial charge in [-0.3, -0.25) is 4.79 Å². The number of ether oxygens (including phenoxy) is 1. The van der Waals surface area contributed by atoms with Crippen molar-refractivity contribution in [3.8, 4) is 5.75 Å². The third-order valence-electron chi connectivity index (χ3n) is 5.07. The SMILES string of the molecule is CCNC(=NCC(=O)NCc1ccc(OC)cc1)NCCCn1c(C)nc2ccccc21. The van der Waals surface area contributed by atoms with E-state index in [2.05, 4.69) is 36.6 Å². The first kappa shape index (κ1) is 23.1. The zero-order chi connectivity index (χ0) is 22.8. The van der Waals surface area contributed by atoms with Crippen molar-refractivity contribution in [3.05, 3.63) is 59.9 Å². The van der Waals surface area contributed by atoms with Gasteiger partial charge in [0.2, 0.25) is 5.91 Å². The van der Waals surface area contributed by atoms with Gasteiger partial charge in [-0.1, -0.05) is 24.3 Å². The van der Waals surface area contributed by atoms with Crippen molar-refractivity contribution >= 4 is 22.9 Å². The highest BCUT2D eigenvalue weighted by molar-refractivity contribution is 5.84. The molecule has 1 aromatic heterocycles. The van der Waals surface area contributed by atoms with E-state index >= 15 is 0 Å². The number of para-hydroxylation sites is 2. The second kappa shape index (κ2) is 11.7. The maximum Gasteiger partial charge on any atom is 0.242 e. The van der Waals surface area contributed by atoms with Crippen LogP contribution in [0.2, 0.25) is 0 Å². The van der Waals surface area contributed by atoms with Crippen LogP contribution in [-0.4, -0.2) is 48.2 Å². The molecule has 2 aromatic carbocycles. The average molecular weight is 437 g/mol. The zero-order valence-electron chi connectivity index (χ0n) is 19.0. The summed E-state index contributed by atoms with van der Waals surface area (Å²) in [6, 6.07) is 15.8. The molecule has 0 aliphatic heterocycles. The van der Waals surface area contributed by atoms with E-state index in [0.717, 1.165) is 54.2 Å². The first-order valence-electron chi connectivity index (χ1n) is 10.9. The maximum atomic E-state index is 12.2. The first-order valence-corrected chi connectivity index (χ1v) is 10.9. The molecule has 32 heavy (non-hydrogen) atoms. The van der Waals surface area contributed by atoms with Crippen molar-refractivity contribution in [1.29, 1.82) is 0 Å². The summed E-state index contributed by atoms with van der Waals surface area (Å²) >= 11 is 0. The summed E-state index contributed by atoms with van der Waals surface area (Å²) in [6.45, 7) is 6.89. The number of methoxy groups -OCH3 is 1. The minimum atomic E-state index is -0.126. The summed E-state index contributed by atoms with van der Waals surface area (Å²) in [5.74, 6) is 2.32. The van der Waals surface area contributed by atoms with Crippen LogP contribution in [0, 0.1) is 6.92 Å². The summed E-state index contributed by atoms with van der Waals surface area (Å²) in [7, 11) is 1.63. The number of aromatic nitrogens is 2. The van der Waals surface area contributed by atoms with Crippen molar-refractivity contribution < 1.29 is 9.53 Å². The molecule has 0 atom stereocenters. The van der Waals surface area contributed by atoms with Crippen LogP contribution in [0.25, 0.3) is 11.0 Å². The highest BCUT2D eigenvalue weighted by Gasteiger charge is 2.07. The third-order valence-corrected chi connectivity index (χ3v) is 5.07. The summed E-state index contributed by atoms with van der Waals surface area (Å²) < 4.78 is 7.37. The van der Waals surface area contributed by atoms with E-state index in [-0.39, 0.29) is 12.5 Å². The molecule has 8 heteroatoms. The summed E-state index contributed by atoms with van der Waals surface area (Å²) in [4.78, 5) is 21.2. The molecule has 1 amide bonds. The standard InChI is InChI=1S/C24H32N6O2/c1-4-25-24(28-17-23(31)27-16-19-10-12-20(32-3)13-11-19)26-14-7-15-30-18(2)29-21-8-5-6-9-22(21)30/h5-6,8-13H,4,7,14-17H2,1-3H3,(H,27,31)(H2,25,26,28). The largest absolute Gasteiger partial charge is 0.497 e. The Labute approximate surface area is 189 Å². The van der Waals surface area contributed by atoms with Crippen molar-refractivity contribution in [3.63, 3.8) is 0 Å². The number of fused-ring (bicyclic) bond motifs is 1. The highest BCUT2D eigenvalue weighted by atomic mass is 16.5. The number of rotatable bonds is 10. The van der Waals surface area contributed by atoms with Crippen LogP contribution in [0.1, 0.15) is 24.7 Å². The van der Waals surface area contributed by atoms with E-state index in [1.807, 2.05) is 56.3 Å². The van der Waals surface area contributed by atoms with Gasteiger partial charge in [0, 0.05) is 26.2 Å². The summed E-state index contributed by atoms with van der Waals surface area (Å²) in [5.41, 5.74) is 3.18. The Kier molecular flexibility index (Phi) is 8.48. The van der Waals surface area contributed by atoms with Gasteiger partial charge in [-0.15, -0.1) is 0 Å². The number of aliphatic imine (C=N–C) groups is 1. The van der Waals surface area contributed by atoms with Gasteiger partial charge in [0.1, 0.15) is 18.1 Å². The molecule has 170 valence electrons. The van der Waals surface area contributed by atoms with Crippen LogP contribution in [0.3, 0.4) is 0 Å². The van der Waals surface area contributed by atoms with Gasteiger partial charge < -0.3 is 25.3 Å².